The molecule has 4 rings (SSSR count). The fourth-order valence-electron chi connectivity index (χ4n) is 6.21. The van der Waals surface area contributed by atoms with Crippen molar-refractivity contribution < 1.29 is 33.0 Å². The van der Waals surface area contributed by atoms with Gasteiger partial charge < -0.3 is 25.0 Å². The van der Waals surface area contributed by atoms with Gasteiger partial charge >= 0.3 is 12.1 Å². The number of carbonyl (C=O) groups excluding carboxylic acids is 4. The number of halogens is 1. The van der Waals surface area contributed by atoms with Gasteiger partial charge in [0.25, 0.3) is 0 Å². The molecule has 2 N–H and O–H groups in total. The minimum atomic E-state index is -0.809. The van der Waals surface area contributed by atoms with Crippen LogP contribution in [0.5, 0.6) is 0 Å². The Hall–Kier alpha value is -3.95. The average Bonchev–Trinajstić information content (AvgIpc) is 3.41. The number of carbonyl (C=O) groups is 4. The molecule has 3 atom stereocenters. The number of rotatable bonds is 7. The van der Waals surface area contributed by atoms with Gasteiger partial charge in [-0.25, -0.2) is 14.0 Å². The van der Waals surface area contributed by atoms with E-state index in [0.717, 1.165) is 24.5 Å². The van der Waals surface area contributed by atoms with Crippen molar-refractivity contribution in [3.63, 3.8) is 0 Å². The van der Waals surface area contributed by atoms with Crippen LogP contribution in [-0.4, -0.2) is 60.1 Å². The normalized spacial score (nSPS) is 22.8. The van der Waals surface area contributed by atoms with Crippen LogP contribution >= 0.6 is 0 Å². The molecule has 232 valence electrons. The molecule has 1 aliphatic heterocycles. The molecule has 10 heteroatoms. The quantitative estimate of drug-likeness (QED) is 0.400. The van der Waals surface area contributed by atoms with E-state index in [-0.39, 0.29) is 41.0 Å². The van der Waals surface area contributed by atoms with Crippen molar-refractivity contribution in [2.75, 3.05) is 19.0 Å². The Bertz CT molecular complexity index is 1320. The summed E-state index contributed by atoms with van der Waals surface area (Å²) in [5.41, 5.74) is 0.334. The summed E-state index contributed by atoms with van der Waals surface area (Å²) >= 11 is 0. The van der Waals surface area contributed by atoms with Crippen LogP contribution in [0, 0.1) is 17.7 Å². The van der Waals surface area contributed by atoms with Crippen LogP contribution in [0.1, 0.15) is 81.6 Å². The highest BCUT2D eigenvalue weighted by atomic mass is 19.1. The van der Waals surface area contributed by atoms with Gasteiger partial charge in [0.1, 0.15) is 17.5 Å². The molecular formula is C33H42FN3O6. The number of hydrogen-bond donors (Lipinski definition) is 2. The lowest BCUT2D eigenvalue weighted by molar-refractivity contribution is -0.141. The molecule has 2 fully saturated rings. The molecule has 3 amide bonds. The van der Waals surface area contributed by atoms with Crippen LogP contribution in [0.15, 0.2) is 48.5 Å². The van der Waals surface area contributed by atoms with E-state index in [9.17, 15) is 23.6 Å². The van der Waals surface area contributed by atoms with Crippen LogP contribution in [0.2, 0.25) is 0 Å². The Morgan fingerprint density at radius 3 is 2.26 bits per heavy atom. The number of benzene rings is 2. The summed E-state index contributed by atoms with van der Waals surface area (Å²) < 4.78 is 24.6. The van der Waals surface area contributed by atoms with E-state index >= 15 is 0 Å². The predicted octanol–water partition coefficient (Wildman–Crippen LogP) is 5.66. The molecule has 9 nitrogen and oxygen atoms in total. The van der Waals surface area contributed by atoms with E-state index < -0.39 is 35.4 Å². The van der Waals surface area contributed by atoms with Gasteiger partial charge in [-0.15, -0.1) is 0 Å². The first-order valence-electron chi connectivity index (χ1n) is 14.9. The van der Waals surface area contributed by atoms with Crippen LogP contribution in [0.4, 0.5) is 14.9 Å². The van der Waals surface area contributed by atoms with E-state index in [1.807, 2.05) is 58.0 Å². The molecule has 43 heavy (non-hydrogen) atoms. The summed E-state index contributed by atoms with van der Waals surface area (Å²) in [7, 11) is 1.17. The molecule has 1 aliphatic carbocycles. The van der Waals surface area contributed by atoms with Gasteiger partial charge in [0, 0.05) is 30.1 Å². The topological polar surface area (TPSA) is 114 Å². The smallest absolute Gasteiger partial charge is 0.407 e. The summed E-state index contributed by atoms with van der Waals surface area (Å²) in [6, 6.07) is 12.5. The second-order valence-corrected chi connectivity index (χ2v) is 12.5. The molecule has 1 heterocycles. The maximum Gasteiger partial charge on any atom is 0.407 e. The number of hydrogen-bond acceptors (Lipinski definition) is 6. The van der Waals surface area contributed by atoms with Crippen molar-refractivity contribution in [3.8, 4) is 0 Å². The summed E-state index contributed by atoms with van der Waals surface area (Å²) in [4.78, 5) is 53.4. The Kier molecular flexibility index (Phi) is 10.1. The van der Waals surface area contributed by atoms with Crippen molar-refractivity contribution in [2.45, 2.75) is 83.4 Å². The van der Waals surface area contributed by atoms with Gasteiger partial charge in [-0.1, -0.05) is 30.3 Å². The molecule has 1 saturated carbocycles. The van der Waals surface area contributed by atoms with Crippen LogP contribution < -0.4 is 10.6 Å². The Balaban J connectivity index is 1.45. The average molecular weight is 596 g/mol. The van der Waals surface area contributed by atoms with E-state index in [1.165, 1.54) is 19.2 Å². The molecule has 0 aromatic heterocycles. The second kappa shape index (κ2) is 13.6. The van der Waals surface area contributed by atoms with Gasteiger partial charge in [-0.05, 0) is 89.5 Å². The number of esters is 1. The summed E-state index contributed by atoms with van der Waals surface area (Å²) in [6.45, 7) is 7.86. The standard InChI is InChI=1S/C33H42FN3O6/c1-20(35-32(41)43-33(2,3)4)21-11-13-23(14-12-21)30(39)37-18-17-25(22-9-7-6-8-10-22)28(37)29(38)36-24-15-16-26(27(34)19-24)31(40)42-5/h6-10,15-16,19-21,23,25,28H,11-14,17-18H2,1-5H3,(H,35,41)(H,36,38)/t20?,21?,23?,25-,28-/m0/s1. The third-order valence-electron chi connectivity index (χ3n) is 8.39. The summed E-state index contributed by atoms with van der Waals surface area (Å²) in [6.07, 6.45) is 3.03. The summed E-state index contributed by atoms with van der Waals surface area (Å²) in [5.74, 6) is -2.32. The van der Waals surface area contributed by atoms with E-state index in [4.69, 9.17) is 4.74 Å². The van der Waals surface area contributed by atoms with E-state index in [0.29, 0.717) is 25.8 Å². The number of amides is 3. The Labute approximate surface area is 252 Å². The molecular weight excluding hydrogens is 553 g/mol. The molecule has 2 aromatic carbocycles. The number of likely N-dealkylation sites (tertiary alicyclic amines) is 1. The first-order valence-corrected chi connectivity index (χ1v) is 14.9. The van der Waals surface area contributed by atoms with Gasteiger partial charge in [0.2, 0.25) is 11.8 Å². The lowest BCUT2D eigenvalue weighted by Gasteiger charge is -2.35. The minimum absolute atomic E-state index is 0.0583. The molecule has 0 bridgehead atoms. The molecule has 1 unspecified atom stereocenters. The van der Waals surface area contributed by atoms with Gasteiger partial charge in [-0.3, -0.25) is 9.59 Å². The molecule has 0 spiro atoms. The van der Waals surface area contributed by atoms with Crippen molar-refractivity contribution in [1.82, 2.24) is 10.2 Å². The fourth-order valence-corrected chi connectivity index (χ4v) is 6.21. The highest BCUT2D eigenvalue weighted by Gasteiger charge is 2.45. The van der Waals surface area contributed by atoms with Crippen molar-refractivity contribution in [3.05, 3.63) is 65.5 Å². The third kappa shape index (κ3) is 7.91. The third-order valence-corrected chi connectivity index (χ3v) is 8.39. The maximum atomic E-state index is 14.6. The molecule has 2 aromatic rings. The highest BCUT2D eigenvalue weighted by molar-refractivity contribution is 5.99. The van der Waals surface area contributed by atoms with Gasteiger partial charge in [0.05, 0.1) is 12.7 Å². The van der Waals surface area contributed by atoms with Crippen molar-refractivity contribution in [1.29, 1.82) is 0 Å². The lowest BCUT2D eigenvalue weighted by atomic mass is 9.78. The van der Waals surface area contributed by atoms with E-state index in [1.54, 1.807) is 4.90 Å². The first kappa shape index (κ1) is 32.0. The van der Waals surface area contributed by atoms with Gasteiger partial charge in [0.15, 0.2) is 0 Å². The fraction of sp³-hybridized carbons (Fsp3) is 0.515. The number of nitrogens with zero attached hydrogens (tertiary/aromatic N) is 1. The Morgan fingerprint density at radius 2 is 1.65 bits per heavy atom. The second-order valence-electron chi connectivity index (χ2n) is 12.5. The summed E-state index contributed by atoms with van der Waals surface area (Å²) in [5, 5.41) is 5.71. The SMILES string of the molecule is COC(=O)c1ccc(NC(=O)[C@@H]2[C@H](c3ccccc3)CCN2C(=O)C2CCC(C(C)NC(=O)OC(C)(C)C)CC2)cc1F. The number of ether oxygens (including phenoxy) is 2. The minimum Gasteiger partial charge on any atom is -0.465 e. The number of nitrogens with one attached hydrogen (secondary N) is 2. The van der Waals surface area contributed by atoms with Crippen LogP contribution in [0.3, 0.4) is 0 Å². The largest absolute Gasteiger partial charge is 0.465 e. The zero-order valence-corrected chi connectivity index (χ0v) is 25.5. The Morgan fingerprint density at radius 1 is 0.977 bits per heavy atom. The van der Waals surface area contributed by atoms with Gasteiger partial charge in [-0.2, -0.15) is 0 Å². The predicted molar refractivity (Wildman–Crippen MR) is 160 cm³/mol. The number of alkyl carbamates (subject to hydrolysis) is 1. The van der Waals surface area contributed by atoms with Crippen molar-refractivity contribution >= 4 is 29.6 Å². The highest BCUT2D eigenvalue weighted by Crippen LogP contribution is 2.38. The molecule has 1 saturated heterocycles. The number of methoxy groups -OCH3 is 1. The monoisotopic (exact) mass is 595 g/mol. The van der Waals surface area contributed by atoms with Crippen LogP contribution in [0.25, 0.3) is 0 Å². The lowest BCUT2D eigenvalue weighted by Crippen LogP contribution is -2.48. The zero-order valence-electron chi connectivity index (χ0n) is 25.5. The maximum absolute atomic E-state index is 14.6. The van der Waals surface area contributed by atoms with Crippen LogP contribution in [-0.2, 0) is 19.1 Å². The molecule has 0 radical (unpaired) electrons. The van der Waals surface area contributed by atoms with Crippen molar-refractivity contribution in [2.24, 2.45) is 11.8 Å². The zero-order chi connectivity index (χ0) is 31.3. The first-order chi connectivity index (χ1) is 20.4. The molecule has 2 aliphatic rings. The van der Waals surface area contributed by atoms with E-state index in [2.05, 4.69) is 15.4 Å². The number of anilines is 1.